The number of hydrogen-bond donors (Lipinski definition) is 0. The fraction of sp³-hybridized carbons (Fsp3) is 0.818. The van der Waals surface area contributed by atoms with Crippen LogP contribution in [-0.4, -0.2) is 30.3 Å². The third-order valence-electron chi connectivity index (χ3n) is 3.17. The number of nitrogens with zero attached hydrogens (tertiary/aromatic N) is 1. The molecular weight excluding hydrogens is 194 g/mol. The third-order valence-corrected chi connectivity index (χ3v) is 3.17. The maximum atomic E-state index is 12.1. The molecule has 0 saturated carbocycles. The molecule has 0 aromatic carbocycles. The van der Waals surface area contributed by atoms with Gasteiger partial charge in [0.25, 0.3) is 0 Å². The van der Waals surface area contributed by atoms with Gasteiger partial charge in [0.1, 0.15) is 12.3 Å². The van der Waals surface area contributed by atoms with E-state index in [0.717, 1.165) is 12.1 Å². The lowest BCUT2D eigenvalue weighted by molar-refractivity contribution is -0.139. The van der Waals surface area contributed by atoms with E-state index in [9.17, 15) is 4.79 Å². The molecule has 0 spiro atoms. The number of fused-ring (bicyclic) bond motifs is 1. The van der Waals surface area contributed by atoms with E-state index in [4.69, 9.17) is 9.57 Å². The minimum Gasteiger partial charge on any atom is -0.395 e. The van der Waals surface area contributed by atoms with Gasteiger partial charge in [0.05, 0.1) is 0 Å². The maximum Gasteiger partial charge on any atom is 0.172 e. The van der Waals surface area contributed by atoms with Gasteiger partial charge in [-0.3, -0.25) is 4.79 Å². The summed E-state index contributed by atoms with van der Waals surface area (Å²) in [6.45, 7) is 6.80. The molecule has 0 radical (unpaired) electrons. The Morgan fingerprint density at radius 2 is 2.33 bits per heavy atom. The highest BCUT2D eigenvalue weighted by atomic mass is 16.6. The van der Waals surface area contributed by atoms with Gasteiger partial charge in [-0.1, -0.05) is 19.0 Å². The quantitative estimate of drug-likeness (QED) is 0.693. The van der Waals surface area contributed by atoms with Crippen molar-refractivity contribution in [2.24, 2.45) is 17.0 Å². The van der Waals surface area contributed by atoms with E-state index < -0.39 is 5.60 Å². The summed E-state index contributed by atoms with van der Waals surface area (Å²) in [6, 6.07) is 0. The monoisotopic (exact) mass is 211 g/mol. The molecule has 2 aliphatic rings. The van der Waals surface area contributed by atoms with Crippen molar-refractivity contribution in [3.63, 3.8) is 0 Å². The van der Waals surface area contributed by atoms with Gasteiger partial charge in [0, 0.05) is 18.4 Å². The minimum absolute atomic E-state index is 0.0444. The van der Waals surface area contributed by atoms with Crippen LogP contribution in [0.3, 0.4) is 0 Å². The topological polar surface area (TPSA) is 47.9 Å². The second-order valence-electron chi connectivity index (χ2n) is 4.66. The van der Waals surface area contributed by atoms with Crippen LogP contribution in [0.2, 0.25) is 0 Å². The van der Waals surface area contributed by atoms with Crippen LogP contribution >= 0.6 is 0 Å². The second kappa shape index (κ2) is 3.59. The molecule has 84 valence electrons. The Morgan fingerprint density at radius 1 is 1.60 bits per heavy atom. The molecule has 4 heteroatoms. The van der Waals surface area contributed by atoms with Crippen LogP contribution in [-0.2, 0) is 14.4 Å². The van der Waals surface area contributed by atoms with Gasteiger partial charge >= 0.3 is 0 Å². The lowest BCUT2D eigenvalue weighted by Gasteiger charge is -2.35. The molecule has 0 aliphatic carbocycles. The lowest BCUT2D eigenvalue weighted by atomic mass is 9.79. The fourth-order valence-corrected chi connectivity index (χ4v) is 2.27. The average Bonchev–Trinajstić information content (AvgIpc) is 2.66. The van der Waals surface area contributed by atoms with Gasteiger partial charge in [0.2, 0.25) is 0 Å². The molecule has 0 aromatic heterocycles. The van der Waals surface area contributed by atoms with Crippen LogP contribution in [0.5, 0.6) is 0 Å². The van der Waals surface area contributed by atoms with E-state index in [-0.39, 0.29) is 17.6 Å². The van der Waals surface area contributed by atoms with Crippen LogP contribution in [0.25, 0.3) is 0 Å². The summed E-state index contributed by atoms with van der Waals surface area (Å²) in [4.78, 5) is 17.2. The molecule has 2 atom stereocenters. The van der Waals surface area contributed by atoms with E-state index in [1.165, 1.54) is 0 Å². The number of carbonyl (C=O) groups excluding carboxylic acids is 1. The van der Waals surface area contributed by atoms with Crippen molar-refractivity contribution < 1.29 is 14.4 Å². The van der Waals surface area contributed by atoms with E-state index in [1.54, 1.807) is 0 Å². The molecule has 0 N–H and O–H groups in total. The van der Waals surface area contributed by atoms with Crippen LogP contribution < -0.4 is 0 Å². The van der Waals surface area contributed by atoms with E-state index >= 15 is 0 Å². The molecule has 2 aliphatic heterocycles. The Bertz CT molecular complexity index is 311. The predicted octanol–water partition coefficient (Wildman–Crippen LogP) is 1.39. The Kier molecular flexibility index (Phi) is 2.54. The molecule has 1 saturated heterocycles. The number of ether oxygens (including phenoxy) is 1. The van der Waals surface area contributed by atoms with Crippen molar-refractivity contribution >= 4 is 11.5 Å². The molecule has 2 heterocycles. The van der Waals surface area contributed by atoms with Gasteiger partial charge in [-0.15, -0.1) is 0 Å². The van der Waals surface area contributed by atoms with Gasteiger partial charge in [-0.2, -0.15) is 0 Å². The number of Topliss-reactive ketones (excluding diaryl/α,β-unsaturated/α-hetero) is 1. The molecule has 1 fully saturated rings. The molecule has 2 rings (SSSR count). The lowest BCUT2D eigenvalue weighted by Crippen LogP contribution is -2.53. The number of carbonyl (C=O) groups is 1. The van der Waals surface area contributed by atoms with E-state index in [0.29, 0.717) is 13.2 Å². The highest BCUT2D eigenvalue weighted by Crippen LogP contribution is 2.32. The molecule has 0 bridgehead atoms. The van der Waals surface area contributed by atoms with Crippen molar-refractivity contribution in [2.75, 3.05) is 13.2 Å². The highest BCUT2D eigenvalue weighted by Gasteiger charge is 2.49. The van der Waals surface area contributed by atoms with Gasteiger partial charge in [0.15, 0.2) is 11.4 Å². The molecule has 0 amide bonds. The van der Waals surface area contributed by atoms with E-state index in [1.807, 2.05) is 20.8 Å². The number of rotatable bonds is 2. The van der Waals surface area contributed by atoms with Crippen LogP contribution in [0, 0.1) is 11.8 Å². The summed E-state index contributed by atoms with van der Waals surface area (Å²) in [6.07, 6.45) is 0.903. The largest absolute Gasteiger partial charge is 0.395 e. The van der Waals surface area contributed by atoms with Gasteiger partial charge < -0.3 is 9.57 Å². The predicted molar refractivity (Wildman–Crippen MR) is 55.7 cm³/mol. The molecule has 0 unspecified atom stereocenters. The smallest absolute Gasteiger partial charge is 0.172 e. The standard InChI is InChI=1S/C11H17NO3/c1-7(2)10(13)11(3)9-8(4-5-14-11)6-15-12-9/h7-8H,4-6H2,1-3H3/t8-,11-/m0/s1. The molecule has 15 heavy (non-hydrogen) atoms. The van der Waals surface area contributed by atoms with Crippen molar-refractivity contribution in [2.45, 2.75) is 32.8 Å². The summed E-state index contributed by atoms with van der Waals surface area (Å²) >= 11 is 0. The zero-order valence-corrected chi connectivity index (χ0v) is 9.45. The maximum absolute atomic E-state index is 12.1. The number of hydrogen-bond acceptors (Lipinski definition) is 4. The average molecular weight is 211 g/mol. The molecule has 0 aromatic rings. The van der Waals surface area contributed by atoms with Crippen LogP contribution in [0.4, 0.5) is 0 Å². The van der Waals surface area contributed by atoms with Gasteiger partial charge in [-0.25, -0.2) is 0 Å². The van der Waals surface area contributed by atoms with E-state index in [2.05, 4.69) is 5.16 Å². The Labute approximate surface area is 89.6 Å². The SMILES string of the molecule is CC(C)C(=O)[C@@]1(C)OCC[C@H]2CON=C21. The van der Waals surface area contributed by atoms with Crippen molar-refractivity contribution in [1.29, 1.82) is 0 Å². The Hall–Kier alpha value is -0.900. The number of oxime groups is 1. The Morgan fingerprint density at radius 3 is 3.00 bits per heavy atom. The summed E-state index contributed by atoms with van der Waals surface area (Å²) in [5.41, 5.74) is -0.0689. The zero-order chi connectivity index (χ0) is 11.1. The summed E-state index contributed by atoms with van der Waals surface area (Å²) in [5.74, 6) is 0.319. The first-order valence-corrected chi connectivity index (χ1v) is 5.44. The molecular formula is C11H17NO3. The highest BCUT2D eigenvalue weighted by molar-refractivity contribution is 6.14. The first kappa shape index (κ1) is 10.6. The van der Waals surface area contributed by atoms with Gasteiger partial charge in [-0.05, 0) is 13.3 Å². The van der Waals surface area contributed by atoms with Crippen LogP contribution in [0.15, 0.2) is 5.16 Å². The normalized spacial score (nSPS) is 34.7. The third kappa shape index (κ3) is 1.57. The van der Waals surface area contributed by atoms with Crippen molar-refractivity contribution in [3.8, 4) is 0 Å². The summed E-state index contributed by atoms with van der Waals surface area (Å²) in [5, 5.41) is 3.99. The first-order valence-electron chi connectivity index (χ1n) is 5.44. The molecule has 4 nitrogen and oxygen atoms in total. The first-order chi connectivity index (χ1) is 7.05. The zero-order valence-electron chi connectivity index (χ0n) is 9.45. The van der Waals surface area contributed by atoms with Crippen LogP contribution in [0.1, 0.15) is 27.2 Å². The Balaban J connectivity index is 2.29. The summed E-state index contributed by atoms with van der Waals surface area (Å²) in [7, 11) is 0. The van der Waals surface area contributed by atoms with Crippen molar-refractivity contribution in [3.05, 3.63) is 0 Å². The summed E-state index contributed by atoms with van der Waals surface area (Å²) < 4.78 is 5.64. The second-order valence-corrected chi connectivity index (χ2v) is 4.66. The fourth-order valence-electron chi connectivity index (χ4n) is 2.27. The minimum atomic E-state index is -0.854. The number of ketones is 1. The van der Waals surface area contributed by atoms with Crippen molar-refractivity contribution in [1.82, 2.24) is 0 Å².